The first kappa shape index (κ1) is 17.9. The molecule has 0 aromatic carbocycles. The van der Waals surface area contributed by atoms with Crippen LogP contribution in [-0.2, 0) is 19.4 Å². The van der Waals surface area contributed by atoms with Crippen LogP contribution >= 0.6 is 0 Å². The average Bonchev–Trinajstić information content (AvgIpc) is 3.01. The van der Waals surface area contributed by atoms with E-state index >= 15 is 0 Å². The molecule has 2 amide bonds. The molecule has 0 atom stereocenters. The monoisotopic (exact) mass is 355 g/mol. The standard InChI is InChI=1S/C14H17N3O6S/c1-23-14(20)10-4-5-11(15-8-10)13(19)17-7-3-6-16(17)12(18)9-24(2,21)22/h4-5,8H,3,6-7,9H2,1-2H3. The number of pyridine rings is 1. The Morgan fingerprint density at radius 2 is 1.88 bits per heavy atom. The molecule has 2 heterocycles. The zero-order chi connectivity index (χ0) is 17.9. The molecule has 1 aliphatic heterocycles. The number of hydrazine groups is 1. The maximum atomic E-state index is 12.5. The highest BCUT2D eigenvalue weighted by atomic mass is 32.2. The minimum absolute atomic E-state index is 0.0432. The van der Waals surface area contributed by atoms with E-state index < -0.39 is 33.4 Å². The summed E-state index contributed by atoms with van der Waals surface area (Å²) in [5.41, 5.74) is 0.238. The fourth-order valence-electron chi connectivity index (χ4n) is 2.27. The van der Waals surface area contributed by atoms with Gasteiger partial charge in [0, 0.05) is 25.5 Å². The van der Waals surface area contributed by atoms with Crippen LogP contribution in [0.1, 0.15) is 27.3 Å². The van der Waals surface area contributed by atoms with Gasteiger partial charge in [-0.1, -0.05) is 0 Å². The second-order valence-corrected chi connectivity index (χ2v) is 7.43. The zero-order valence-electron chi connectivity index (χ0n) is 13.3. The van der Waals surface area contributed by atoms with E-state index in [1.807, 2.05) is 0 Å². The Balaban J connectivity index is 2.16. The average molecular weight is 355 g/mol. The number of aromatic nitrogens is 1. The molecule has 1 aromatic heterocycles. The topological polar surface area (TPSA) is 114 Å². The van der Waals surface area contributed by atoms with E-state index in [0.29, 0.717) is 6.42 Å². The Kier molecular flexibility index (Phi) is 5.17. The molecular weight excluding hydrogens is 338 g/mol. The van der Waals surface area contributed by atoms with Gasteiger partial charge >= 0.3 is 5.97 Å². The van der Waals surface area contributed by atoms with Gasteiger partial charge in [-0.15, -0.1) is 0 Å². The van der Waals surface area contributed by atoms with Gasteiger partial charge in [-0.25, -0.2) is 18.2 Å². The number of sulfone groups is 1. The minimum Gasteiger partial charge on any atom is -0.465 e. The highest BCUT2D eigenvalue weighted by molar-refractivity contribution is 7.91. The van der Waals surface area contributed by atoms with Crippen molar-refractivity contribution in [1.82, 2.24) is 15.0 Å². The molecule has 2 rings (SSSR count). The molecule has 9 nitrogen and oxygen atoms in total. The third-order valence-electron chi connectivity index (χ3n) is 3.34. The van der Waals surface area contributed by atoms with Gasteiger partial charge in [-0.3, -0.25) is 19.6 Å². The molecule has 0 saturated carbocycles. The number of rotatable bonds is 4. The highest BCUT2D eigenvalue weighted by Gasteiger charge is 2.33. The van der Waals surface area contributed by atoms with Gasteiger partial charge in [0.1, 0.15) is 11.4 Å². The van der Waals surface area contributed by atoms with E-state index in [0.717, 1.165) is 11.3 Å². The normalized spacial score (nSPS) is 14.6. The molecular formula is C14H17N3O6S. The molecule has 1 aromatic rings. The number of carbonyl (C=O) groups is 3. The van der Waals surface area contributed by atoms with Crippen LogP contribution in [-0.4, -0.2) is 73.4 Å². The van der Waals surface area contributed by atoms with Crippen LogP contribution < -0.4 is 0 Å². The Morgan fingerprint density at radius 1 is 1.21 bits per heavy atom. The lowest BCUT2D eigenvalue weighted by molar-refractivity contribution is -0.137. The first-order valence-electron chi connectivity index (χ1n) is 7.07. The van der Waals surface area contributed by atoms with Gasteiger partial charge in [-0.2, -0.15) is 0 Å². The third kappa shape index (κ3) is 4.07. The quantitative estimate of drug-likeness (QED) is 0.669. The maximum absolute atomic E-state index is 12.5. The number of nitrogens with zero attached hydrogens (tertiary/aromatic N) is 3. The summed E-state index contributed by atoms with van der Waals surface area (Å²) in [6, 6.07) is 2.75. The van der Waals surface area contributed by atoms with E-state index in [9.17, 15) is 22.8 Å². The van der Waals surface area contributed by atoms with Crippen molar-refractivity contribution in [2.24, 2.45) is 0 Å². The summed E-state index contributed by atoms with van der Waals surface area (Å²) in [5.74, 6) is -2.43. The largest absolute Gasteiger partial charge is 0.465 e. The number of ether oxygens (including phenoxy) is 1. The van der Waals surface area contributed by atoms with Crippen molar-refractivity contribution in [3.8, 4) is 0 Å². The molecule has 0 unspecified atom stereocenters. The van der Waals surface area contributed by atoms with Gasteiger partial charge in [0.05, 0.1) is 12.7 Å². The van der Waals surface area contributed by atoms with Crippen LogP contribution in [0.15, 0.2) is 18.3 Å². The first-order chi connectivity index (χ1) is 11.2. The Bertz CT molecular complexity index is 759. The predicted octanol–water partition coefficient (Wildman–Crippen LogP) is -0.498. The van der Waals surface area contributed by atoms with Gasteiger partial charge in [-0.05, 0) is 18.6 Å². The maximum Gasteiger partial charge on any atom is 0.339 e. The Morgan fingerprint density at radius 3 is 2.42 bits per heavy atom. The summed E-state index contributed by atoms with van der Waals surface area (Å²) >= 11 is 0. The van der Waals surface area contributed by atoms with E-state index in [2.05, 4.69) is 9.72 Å². The molecule has 0 radical (unpaired) electrons. The SMILES string of the molecule is COC(=O)c1ccc(C(=O)N2CCCN2C(=O)CS(C)(=O)=O)nc1. The van der Waals surface area contributed by atoms with Crippen LogP contribution in [0, 0.1) is 0 Å². The lowest BCUT2D eigenvalue weighted by Gasteiger charge is -2.27. The number of esters is 1. The molecule has 0 spiro atoms. The van der Waals surface area contributed by atoms with Crippen LogP contribution in [0.3, 0.4) is 0 Å². The molecule has 24 heavy (non-hydrogen) atoms. The van der Waals surface area contributed by atoms with Crippen molar-refractivity contribution in [2.45, 2.75) is 6.42 Å². The zero-order valence-corrected chi connectivity index (χ0v) is 14.1. The van der Waals surface area contributed by atoms with E-state index in [4.69, 9.17) is 0 Å². The molecule has 1 fully saturated rings. The molecule has 0 bridgehead atoms. The van der Waals surface area contributed by atoms with E-state index in [1.54, 1.807) is 0 Å². The lowest BCUT2D eigenvalue weighted by Crippen LogP contribution is -2.47. The van der Waals surface area contributed by atoms with Gasteiger partial charge in [0.25, 0.3) is 11.8 Å². The van der Waals surface area contributed by atoms with Gasteiger partial charge in [0.15, 0.2) is 9.84 Å². The number of carbonyl (C=O) groups excluding carboxylic acids is 3. The summed E-state index contributed by atoms with van der Waals surface area (Å²) in [6.45, 7) is 0.551. The molecule has 0 aliphatic carbocycles. The lowest BCUT2D eigenvalue weighted by atomic mass is 10.2. The number of amides is 2. The third-order valence-corrected chi connectivity index (χ3v) is 4.11. The summed E-state index contributed by atoms with van der Waals surface area (Å²) < 4.78 is 27.1. The molecule has 10 heteroatoms. The second kappa shape index (κ2) is 6.95. The second-order valence-electron chi connectivity index (χ2n) is 5.29. The number of methoxy groups -OCH3 is 1. The van der Waals surface area contributed by atoms with Crippen molar-refractivity contribution in [1.29, 1.82) is 0 Å². The summed E-state index contributed by atoms with van der Waals surface area (Å²) in [4.78, 5) is 39.8. The summed E-state index contributed by atoms with van der Waals surface area (Å²) in [5, 5.41) is 2.30. The number of hydrogen-bond donors (Lipinski definition) is 0. The van der Waals surface area contributed by atoms with Crippen LogP contribution in [0.5, 0.6) is 0 Å². The number of hydrogen-bond acceptors (Lipinski definition) is 7. The van der Waals surface area contributed by atoms with Crippen molar-refractivity contribution >= 4 is 27.6 Å². The van der Waals surface area contributed by atoms with Crippen molar-refractivity contribution in [3.63, 3.8) is 0 Å². The van der Waals surface area contributed by atoms with Crippen LogP contribution in [0.2, 0.25) is 0 Å². The first-order valence-corrected chi connectivity index (χ1v) is 9.13. The predicted molar refractivity (Wildman–Crippen MR) is 82.7 cm³/mol. The van der Waals surface area contributed by atoms with Gasteiger partial charge in [0.2, 0.25) is 0 Å². The Hall–Kier alpha value is -2.49. The summed E-state index contributed by atoms with van der Waals surface area (Å²) in [7, 11) is -2.26. The van der Waals surface area contributed by atoms with Gasteiger partial charge < -0.3 is 4.74 Å². The smallest absolute Gasteiger partial charge is 0.339 e. The molecule has 1 saturated heterocycles. The van der Waals surface area contributed by atoms with Crippen LogP contribution in [0.4, 0.5) is 0 Å². The van der Waals surface area contributed by atoms with Crippen molar-refractivity contribution in [3.05, 3.63) is 29.6 Å². The van der Waals surface area contributed by atoms with E-state index in [-0.39, 0.29) is 24.3 Å². The van der Waals surface area contributed by atoms with Crippen molar-refractivity contribution in [2.75, 3.05) is 32.2 Å². The minimum atomic E-state index is -3.49. The highest BCUT2D eigenvalue weighted by Crippen LogP contribution is 2.15. The molecule has 130 valence electrons. The van der Waals surface area contributed by atoms with E-state index in [1.165, 1.54) is 30.4 Å². The Labute approximate surface area is 139 Å². The summed E-state index contributed by atoms with van der Waals surface area (Å²) in [6.07, 6.45) is 2.71. The van der Waals surface area contributed by atoms with Crippen LogP contribution in [0.25, 0.3) is 0 Å². The van der Waals surface area contributed by atoms with Crippen molar-refractivity contribution < 1.29 is 27.5 Å². The molecule has 0 N–H and O–H groups in total. The molecule has 1 aliphatic rings. The fourth-order valence-corrected chi connectivity index (χ4v) is 2.87. The fraction of sp³-hybridized carbons (Fsp3) is 0.429.